The van der Waals surface area contributed by atoms with Gasteiger partial charge in [-0.1, -0.05) is 0 Å². The van der Waals surface area contributed by atoms with Crippen LogP contribution in [-0.2, 0) is 6.42 Å². The molecule has 0 atom stereocenters. The molecule has 0 amide bonds. The molecule has 0 radical (unpaired) electrons. The zero-order chi connectivity index (χ0) is 12.5. The Bertz CT molecular complexity index is 497. The van der Waals surface area contributed by atoms with Crippen LogP contribution in [0, 0.1) is 0 Å². The lowest BCUT2D eigenvalue weighted by Crippen LogP contribution is -2.33. The van der Waals surface area contributed by atoms with E-state index in [1.165, 1.54) is 22.4 Å². The first-order valence-electron chi connectivity index (χ1n) is 6.34. The van der Waals surface area contributed by atoms with Crippen molar-refractivity contribution in [3.8, 4) is 5.75 Å². The number of rotatable bonds is 3. The van der Waals surface area contributed by atoms with Crippen LogP contribution in [0.25, 0.3) is 5.70 Å². The van der Waals surface area contributed by atoms with Crippen LogP contribution in [0.1, 0.15) is 17.5 Å². The van der Waals surface area contributed by atoms with E-state index < -0.39 is 0 Å². The summed E-state index contributed by atoms with van der Waals surface area (Å²) in [5, 5.41) is 11.2. The zero-order valence-electron chi connectivity index (χ0n) is 10.6. The summed E-state index contributed by atoms with van der Waals surface area (Å²) in [6.45, 7) is 1.69. The van der Waals surface area contributed by atoms with Crippen molar-refractivity contribution in [2.75, 3.05) is 26.8 Å². The Kier molecular flexibility index (Phi) is 2.97. The Morgan fingerprint density at radius 1 is 1.39 bits per heavy atom. The summed E-state index contributed by atoms with van der Waals surface area (Å²) in [6.07, 6.45) is 2.16. The van der Waals surface area contributed by atoms with Crippen molar-refractivity contribution >= 4 is 5.70 Å². The average Bonchev–Trinajstić information content (AvgIpc) is 2.82. The Morgan fingerprint density at radius 3 is 3.06 bits per heavy atom. The molecule has 1 aliphatic carbocycles. The maximum Gasteiger partial charge on any atom is 0.119 e. The van der Waals surface area contributed by atoms with E-state index in [0.29, 0.717) is 6.54 Å². The number of fused-ring (bicyclic) bond motifs is 2. The minimum absolute atomic E-state index is 0.162. The van der Waals surface area contributed by atoms with Crippen molar-refractivity contribution in [3.05, 3.63) is 34.9 Å². The van der Waals surface area contributed by atoms with Crippen molar-refractivity contribution < 1.29 is 9.84 Å². The molecule has 4 nitrogen and oxygen atoms in total. The number of methoxy groups -OCH3 is 1. The van der Waals surface area contributed by atoms with Crippen LogP contribution in [0.2, 0.25) is 0 Å². The van der Waals surface area contributed by atoms with Crippen molar-refractivity contribution in [3.63, 3.8) is 0 Å². The number of ether oxygens (including phenoxy) is 1. The number of aliphatic hydroxyl groups is 1. The van der Waals surface area contributed by atoms with Crippen LogP contribution in [0.3, 0.4) is 0 Å². The second-order valence-electron chi connectivity index (χ2n) is 4.69. The lowest BCUT2D eigenvalue weighted by atomic mass is 9.89. The first-order valence-corrected chi connectivity index (χ1v) is 6.34. The summed E-state index contributed by atoms with van der Waals surface area (Å²) < 4.78 is 5.28. The van der Waals surface area contributed by atoms with Gasteiger partial charge in [0.15, 0.2) is 0 Å². The zero-order valence-corrected chi connectivity index (χ0v) is 10.6. The number of aryl methyl sites for hydroxylation is 1. The van der Waals surface area contributed by atoms with Crippen LogP contribution in [0.4, 0.5) is 0 Å². The van der Waals surface area contributed by atoms with Gasteiger partial charge in [0.2, 0.25) is 0 Å². The summed E-state index contributed by atoms with van der Waals surface area (Å²) in [4.78, 5) is 0. The molecule has 0 fully saturated rings. The normalized spacial score (nSPS) is 17.8. The smallest absolute Gasteiger partial charge is 0.119 e. The molecule has 1 aliphatic heterocycles. The van der Waals surface area contributed by atoms with E-state index in [-0.39, 0.29) is 6.61 Å². The van der Waals surface area contributed by atoms with Gasteiger partial charge in [0.25, 0.3) is 0 Å². The number of hydrazine groups is 1. The predicted molar refractivity (Wildman–Crippen MR) is 70.0 cm³/mol. The first kappa shape index (κ1) is 11.6. The van der Waals surface area contributed by atoms with Gasteiger partial charge < -0.3 is 14.9 Å². The molecule has 1 aromatic rings. The number of nitrogens with one attached hydrogen (secondary N) is 1. The van der Waals surface area contributed by atoms with E-state index in [0.717, 1.165) is 25.1 Å². The first-order chi connectivity index (χ1) is 8.83. The number of nitrogens with zero attached hydrogens (tertiary/aromatic N) is 1. The van der Waals surface area contributed by atoms with Crippen LogP contribution in [0.15, 0.2) is 23.8 Å². The van der Waals surface area contributed by atoms with Gasteiger partial charge in [-0.2, -0.15) is 0 Å². The molecule has 2 N–H and O–H groups in total. The van der Waals surface area contributed by atoms with Crippen molar-refractivity contribution in [2.24, 2.45) is 0 Å². The van der Waals surface area contributed by atoms with E-state index in [9.17, 15) is 0 Å². The van der Waals surface area contributed by atoms with Crippen molar-refractivity contribution in [2.45, 2.75) is 12.8 Å². The third-order valence-electron chi connectivity index (χ3n) is 3.68. The number of hydrogen-bond donors (Lipinski definition) is 2. The van der Waals surface area contributed by atoms with E-state index in [1.54, 1.807) is 7.11 Å². The lowest BCUT2D eigenvalue weighted by molar-refractivity contribution is 0.218. The highest BCUT2D eigenvalue weighted by Crippen LogP contribution is 2.37. The summed E-state index contributed by atoms with van der Waals surface area (Å²) >= 11 is 0. The van der Waals surface area contributed by atoms with Gasteiger partial charge in [0.1, 0.15) is 5.75 Å². The van der Waals surface area contributed by atoms with Crippen LogP contribution in [0.5, 0.6) is 5.75 Å². The molecule has 4 heteroatoms. The molecule has 96 valence electrons. The van der Waals surface area contributed by atoms with Gasteiger partial charge in [-0.05, 0) is 42.2 Å². The number of hydrogen-bond acceptors (Lipinski definition) is 4. The number of benzene rings is 1. The fraction of sp³-hybridized carbons (Fsp3) is 0.429. The molecule has 1 heterocycles. The van der Waals surface area contributed by atoms with E-state index in [2.05, 4.69) is 22.6 Å². The van der Waals surface area contributed by atoms with Gasteiger partial charge in [0, 0.05) is 12.1 Å². The third-order valence-corrected chi connectivity index (χ3v) is 3.68. The highest BCUT2D eigenvalue weighted by Gasteiger charge is 2.28. The van der Waals surface area contributed by atoms with Crippen molar-refractivity contribution in [1.82, 2.24) is 10.4 Å². The molecule has 0 spiro atoms. The number of aliphatic hydroxyl groups excluding tert-OH is 1. The molecule has 0 aromatic heterocycles. The standard InChI is InChI=1S/C14H18N2O2/c1-18-12-4-5-13-10(8-12)2-3-11-9-15-16(6-7-17)14(11)13/h4-5,8,15,17H,2-3,6-7,9H2,1H3. The summed E-state index contributed by atoms with van der Waals surface area (Å²) in [7, 11) is 1.70. The molecule has 3 rings (SSSR count). The molecule has 0 unspecified atom stereocenters. The molecule has 0 saturated heterocycles. The van der Waals surface area contributed by atoms with Gasteiger partial charge in [0.05, 0.1) is 26.0 Å². The predicted octanol–water partition coefficient (Wildman–Crippen LogP) is 1.16. The monoisotopic (exact) mass is 246 g/mol. The van der Waals surface area contributed by atoms with Crippen LogP contribution >= 0.6 is 0 Å². The fourth-order valence-corrected chi connectivity index (χ4v) is 2.80. The molecule has 18 heavy (non-hydrogen) atoms. The second kappa shape index (κ2) is 4.63. The van der Waals surface area contributed by atoms with Crippen LogP contribution < -0.4 is 10.2 Å². The van der Waals surface area contributed by atoms with Crippen molar-refractivity contribution in [1.29, 1.82) is 0 Å². The Morgan fingerprint density at radius 2 is 2.28 bits per heavy atom. The van der Waals surface area contributed by atoms with Gasteiger partial charge in [-0.3, -0.25) is 0 Å². The Labute approximate surface area is 107 Å². The largest absolute Gasteiger partial charge is 0.497 e. The summed E-state index contributed by atoms with van der Waals surface area (Å²) in [6, 6.07) is 6.25. The van der Waals surface area contributed by atoms with E-state index in [4.69, 9.17) is 9.84 Å². The van der Waals surface area contributed by atoms with E-state index >= 15 is 0 Å². The number of β-amino-alcohol motifs (C(OH)–C–C–N with tert-alkyl or cyclic N) is 1. The Balaban J connectivity index is 2.01. The lowest BCUT2D eigenvalue weighted by Gasteiger charge is -2.26. The Hall–Kier alpha value is -1.52. The maximum atomic E-state index is 9.12. The van der Waals surface area contributed by atoms with E-state index in [1.807, 2.05) is 6.07 Å². The SMILES string of the molecule is COc1ccc2c(c1)CCC1=C2N(CCO)NC1. The molecule has 0 bridgehead atoms. The summed E-state index contributed by atoms with van der Waals surface area (Å²) in [5.41, 5.74) is 8.65. The molecular formula is C14H18N2O2. The second-order valence-corrected chi connectivity index (χ2v) is 4.69. The molecular weight excluding hydrogens is 228 g/mol. The fourth-order valence-electron chi connectivity index (χ4n) is 2.80. The quantitative estimate of drug-likeness (QED) is 0.840. The highest BCUT2D eigenvalue weighted by molar-refractivity contribution is 5.74. The highest BCUT2D eigenvalue weighted by atomic mass is 16.5. The molecule has 1 aromatic carbocycles. The minimum atomic E-state index is 0.162. The van der Waals surface area contributed by atoms with Gasteiger partial charge >= 0.3 is 0 Å². The molecule has 2 aliphatic rings. The maximum absolute atomic E-state index is 9.12. The average molecular weight is 246 g/mol. The van der Waals surface area contributed by atoms with Gasteiger partial charge in [-0.15, -0.1) is 0 Å². The molecule has 0 saturated carbocycles. The topological polar surface area (TPSA) is 44.7 Å². The van der Waals surface area contributed by atoms with Gasteiger partial charge in [-0.25, -0.2) is 5.43 Å². The summed E-state index contributed by atoms with van der Waals surface area (Å²) in [5.74, 6) is 0.914. The minimum Gasteiger partial charge on any atom is -0.497 e. The third kappa shape index (κ3) is 1.78. The van der Waals surface area contributed by atoms with Crippen LogP contribution in [-0.4, -0.2) is 36.9 Å².